The molecule has 2 unspecified atom stereocenters. The highest BCUT2D eigenvalue weighted by atomic mass is 19.4. The SMILES string of the molecule is CC.CC(C)n1ccc(-c2cnc(N)c(C(F)(F)F)c2)n1.COCC1(F)CCC(C)C1. The summed E-state index contributed by atoms with van der Waals surface area (Å²) in [4.78, 5) is 3.58. The van der Waals surface area contributed by atoms with E-state index in [1.54, 1.807) is 24.1 Å². The van der Waals surface area contributed by atoms with Crippen LogP contribution in [0.5, 0.6) is 0 Å². The van der Waals surface area contributed by atoms with Crippen LogP contribution in [0.3, 0.4) is 0 Å². The van der Waals surface area contributed by atoms with Gasteiger partial charge in [-0.05, 0) is 51.2 Å². The number of ether oxygens (including phenoxy) is 1. The Bertz CT molecular complexity index is 803. The standard InChI is InChI=1S/C12H13F3N4.C8H15FO.C2H6/c1-7(2)19-4-3-10(18-19)8-5-9(12(13,14)15)11(16)17-6-8;1-7-3-4-8(9,5-7)6-10-2;1-2/h3-7H,1-2H3,(H2,16,17);7H,3-6H2,1-2H3;1-2H3. The Hall–Kier alpha value is -2.16. The molecule has 0 bridgehead atoms. The van der Waals surface area contributed by atoms with Crippen molar-refractivity contribution in [3.05, 3.63) is 30.1 Å². The van der Waals surface area contributed by atoms with E-state index >= 15 is 0 Å². The summed E-state index contributed by atoms with van der Waals surface area (Å²) in [7, 11) is 1.56. The Labute approximate surface area is 182 Å². The number of anilines is 1. The maximum absolute atomic E-state index is 13.4. The van der Waals surface area contributed by atoms with E-state index in [4.69, 9.17) is 10.5 Å². The number of rotatable bonds is 4. The second kappa shape index (κ2) is 11.5. The molecule has 1 aliphatic rings. The third kappa shape index (κ3) is 7.79. The molecule has 2 aromatic heterocycles. The van der Waals surface area contributed by atoms with Crippen molar-refractivity contribution < 1.29 is 22.3 Å². The molecule has 176 valence electrons. The molecule has 1 fully saturated rings. The monoisotopic (exact) mass is 446 g/mol. The number of hydrogen-bond acceptors (Lipinski definition) is 4. The smallest absolute Gasteiger partial charge is 0.383 e. The molecule has 0 aromatic carbocycles. The number of halogens is 4. The van der Waals surface area contributed by atoms with Crippen LogP contribution in [0, 0.1) is 5.92 Å². The zero-order valence-corrected chi connectivity index (χ0v) is 19.1. The van der Waals surface area contributed by atoms with E-state index in [0.717, 1.165) is 12.5 Å². The summed E-state index contributed by atoms with van der Waals surface area (Å²) < 4.78 is 58.1. The van der Waals surface area contributed by atoms with Gasteiger partial charge in [-0.3, -0.25) is 4.68 Å². The van der Waals surface area contributed by atoms with Gasteiger partial charge in [0.1, 0.15) is 11.5 Å². The van der Waals surface area contributed by atoms with Gasteiger partial charge in [0.2, 0.25) is 0 Å². The number of aromatic nitrogens is 3. The molecule has 0 saturated heterocycles. The fraction of sp³-hybridized carbons (Fsp3) is 0.636. The minimum Gasteiger partial charge on any atom is -0.383 e. The molecule has 2 aromatic rings. The third-order valence-corrected chi connectivity index (χ3v) is 4.86. The van der Waals surface area contributed by atoms with Gasteiger partial charge in [-0.25, -0.2) is 9.37 Å². The van der Waals surface area contributed by atoms with Crippen LogP contribution in [0.4, 0.5) is 23.4 Å². The maximum Gasteiger partial charge on any atom is 0.419 e. The number of nitrogens with two attached hydrogens (primary N) is 1. The zero-order chi connectivity index (χ0) is 23.8. The summed E-state index contributed by atoms with van der Waals surface area (Å²) in [6.07, 6.45) is 0.859. The Kier molecular flexibility index (Phi) is 9.93. The molecule has 9 heteroatoms. The Morgan fingerprint density at radius 1 is 1.32 bits per heavy atom. The van der Waals surface area contributed by atoms with Crippen LogP contribution in [-0.2, 0) is 10.9 Å². The number of nitrogens with zero attached hydrogens (tertiary/aromatic N) is 3. The van der Waals surface area contributed by atoms with Gasteiger partial charge in [0.15, 0.2) is 0 Å². The first kappa shape index (κ1) is 26.9. The van der Waals surface area contributed by atoms with Crippen LogP contribution in [0.1, 0.15) is 65.5 Å². The lowest BCUT2D eigenvalue weighted by Gasteiger charge is -2.17. The number of nitrogen functional groups attached to an aromatic ring is 1. The van der Waals surface area contributed by atoms with Gasteiger partial charge in [0, 0.05) is 31.1 Å². The second-order valence-corrected chi connectivity index (χ2v) is 7.86. The summed E-state index contributed by atoms with van der Waals surface area (Å²) in [6.45, 7) is 10.2. The van der Waals surface area contributed by atoms with Crippen LogP contribution in [-0.4, -0.2) is 34.1 Å². The molecular formula is C22H34F4N4O. The van der Waals surface area contributed by atoms with Crippen molar-refractivity contribution in [3.63, 3.8) is 0 Å². The van der Waals surface area contributed by atoms with E-state index in [2.05, 4.69) is 17.0 Å². The lowest BCUT2D eigenvalue weighted by Crippen LogP contribution is -2.24. The Morgan fingerprint density at radius 3 is 2.42 bits per heavy atom. The molecule has 2 heterocycles. The molecule has 0 radical (unpaired) electrons. The Balaban J connectivity index is 0.000000337. The van der Waals surface area contributed by atoms with Crippen molar-refractivity contribution in [3.8, 4) is 11.3 Å². The molecule has 2 atom stereocenters. The minimum atomic E-state index is -4.52. The van der Waals surface area contributed by atoms with Crippen LogP contribution in [0.15, 0.2) is 24.5 Å². The lowest BCUT2D eigenvalue weighted by atomic mass is 10.0. The van der Waals surface area contributed by atoms with Crippen molar-refractivity contribution in [1.82, 2.24) is 14.8 Å². The van der Waals surface area contributed by atoms with Gasteiger partial charge in [-0.15, -0.1) is 0 Å². The highest BCUT2D eigenvalue weighted by molar-refractivity contribution is 5.61. The number of hydrogen-bond donors (Lipinski definition) is 1. The Morgan fingerprint density at radius 2 is 1.97 bits per heavy atom. The van der Waals surface area contributed by atoms with Crippen molar-refractivity contribution in [2.45, 2.75) is 71.8 Å². The van der Waals surface area contributed by atoms with E-state index in [1.807, 2.05) is 27.7 Å². The number of pyridine rings is 1. The maximum atomic E-state index is 13.4. The van der Waals surface area contributed by atoms with Gasteiger partial charge >= 0.3 is 6.18 Å². The molecule has 0 spiro atoms. The van der Waals surface area contributed by atoms with E-state index in [0.29, 0.717) is 30.0 Å². The molecule has 31 heavy (non-hydrogen) atoms. The second-order valence-electron chi connectivity index (χ2n) is 7.86. The zero-order valence-electron chi connectivity index (χ0n) is 19.1. The van der Waals surface area contributed by atoms with Gasteiger partial charge < -0.3 is 10.5 Å². The van der Waals surface area contributed by atoms with Crippen molar-refractivity contribution in [2.24, 2.45) is 5.92 Å². The fourth-order valence-corrected chi connectivity index (χ4v) is 3.35. The first-order valence-electron chi connectivity index (χ1n) is 10.5. The van der Waals surface area contributed by atoms with E-state index in [1.165, 1.54) is 6.20 Å². The highest BCUT2D eigenvalue weighted by Gasteiger charge is 2.37. The van der Waals surface area contributed by atoms with Crippen LogP contribution < -0.4 is 5.73 Å². The van der Waals surface area contributed by atoms with Crippen molar-refractivity contribution in [2.75, 3.05) is 19.5 Å². The molecule has 1 saturated carbocycles. The third-order valence-electron chi connectivity index (χ3n) is 4.86. The predicted octanol–water partition coefficient (Wildman–Crippen LogP) is 6.31. The largest absolute Gasteiger partial charge is 0.419 e. The molecule has 1 aliphatic carbocycles. The fourth-order valence-electron chi connectivity index (χ4n) is 3.35. The normalized spacial score (nSPS) is 20.7. The molecule has 0 aliphatic heterocycles. The van der Waals surface area contributed by atoms with E-state index in [-0.39, 0.29) is 12.6 Å². The van der Waals surface area contributed by atoms with E-state index < -0.39 is 23.2 Å². The summed E-state index contributed by atoms with van der Waals surface area (Å²) >= 11 is 0. The van der Waals surface area contributed by atoms with Crippen LogP contribution in [0.2, 0.25) is 0 Å². The predicted molar refractivity (Wildman–Crippen MR) is 115 cm³/mol. The van der Waals surface area contributed by atoms with Gasteiger partial charge in [0.25, 0.3) is 0 Å². The molecule has 0 amide bonds. The van der Waals surface area contributed by atoms with Crippen LogP contribution in [0.25, 0.3) is 11.3 Å². The average molecular weight is 447 g/mol. The van der Waals surface area contributed by atoms with Gasteiger partial charge in [-0.1, -0.05) is 20.8 Å². The summed E-state index contributed by atoms with van der Waals surface area (Å²) in [5.74, 6) is 0.0136. The highest BCUT2D eigenvalue weighted by Crippen LogP contribution is 2.37. The summed E-state index contributed by atoms with van der Waals surface area (Å²) in [5.41, 5.74) is 4.03. The molecule has 5 nitrogen and oxygen atoms in total. The molecular weight excluding hydrogens is 412 g/mol. The first-order chi connectivity index (χ1) is 14.4. The van der Waals surface area contributed by atoms with Gasteiger partial charge in [-0.2, -0.15) is 18.3 Å². The van der Waals surface area contributed by atoms with E-state index in [9.17, 15) is 17.6 Å². The van der Waals surface area contributed by atoms with Crippen molar-refractivity contribution >= 4 is 5.82 Å². The molecule has 3 rings (SSSR count). The average Bonchev–Trinajstić information content (AvgIpc) is 3.31. The van der Waals surface area contributed by atoms with Crippen LogP contribution >= 0.6 is 0 Å². The quantitative estimate of drug-likeness (QED) is 0.559. The van der Waals surface area contributed by atoms with Gasteiger partial charge in [0.05, 0.1) is 17.9 Å². The minimum absolute atomic E-state index is 0.137. The summed E-state index contributed by atoms with van der Waals surface area (Å²) in [5, 5.41) is 4.20. The number of methoxy groups -OCH3 is 1. The topological polar surface area (TPSA) is 66.0 Å². The first-order valence-corrected chi connectivity index (χ1v) is 10.5. The number of alkyl halides is 4. The van der Waals surface area contributed by atoms with Crippen molar-refractivity contribution in [1.29, 1.82) is 0 Å². The lowest BCUT2D eigenvalue weighted by molar-refractivity contribution is -0.137. The summed E-state index contributed by atoms with van der Waals surface area (Å²) in [6, 6.07) is 2.75. The molecule has 2 N–H and O–H groups in total.